The highest BCUT2D eigenvalue weighted by atomic mass is 16.5. The van der Waals surface area contributed by atoms with E-state index in [1.165, 1.54) is 12.8 Å². The van der Waals surface area contributed by atoms with Crippen LogP contribution in [-0.2, 0) is 4.74 Å². The highest BCUT2D eigenvalue weighted by Crippen LogP contribution is 2.26. The molecule has 3 heteroatoms. The van der Waals surface area contributed by atoms with Crippen molar-refractivity contribution in [1.82, 2.24) is 4.90 Å². The van der Waals surface area contributed by atoms with Crippen LogP contribution in [0.2, 0.25) is 0 Å². The summed E-state index contributed by atoms with van der Waals surface area (Å²) in [5.74, 6) is 0. The van der Waals surface area contributed by atoms with Crippen LogP contribution in [0.25, 0.3) is 0 Å². The van der Waals surface area contributed by atoms with Gasteiger partial charge in [0.25, 0.3) is 0 Å². The van der Waals surface area contributed by atoms with E-state index in [1.54, 1.807) is 7.11 Å². The van der Waals surface area contributed by atoms with Crippen molar-refractivity contribution in [3.63, 3.8) is 0 Å². The number of aliphatic hydroxyl groups is 1. The van der Waals surface area contributed by atoms with Gasteiger partial charge < -0.3 is 9.84 Å². The Bertz CT molecular complexity index is 187. The zero-order valence-corrected chi connectivity index (χ0v) is 11.7. The van der Waals surface area contributed by atoms with Crippen LogP contribution < -0.4 is 0 Å². The quantitative estimate of drug-likeness (QED) is 0.745. The molecule has 0 aliphatic heterocycles. The summed E-state index contributed by atoms with van der Waals surface area (Å²) >= 11 is 0. The van der Waals surface area contributed by atoms with E-state index in [9.17, 15) is 5.11 Å². The molecule has 1 aliphatic rings. The minimum absolute atomic E-state index is 0.0581. The van der Waals surface area contributed by atoms with Crippen molar-refractivity contribution >= 4 is 0 Å². The van der Waals surface area contributed by atoms with Gasteiger partial charge in [-0.15, -0.1) is 0 Å². The van der Waals surface area contributed by atoms with Gasteiger partial charge in [0.2, 0.25) is 0 Å². The van der Waals surface area contributed by atoms with Gasteiger partial charge in [0, 0.05) is 25.7 Å². The first-order valence-corrected chi connectivity index (χ1v) is 7.15. The molecule has 1 fully saturated rings. The van der Waals surface area contributed by atoms with E-state index >= 15 is 0 Å². The average molecular weight is 243 g/mol. The largest absolute Gasteiger partial charge is 0.393 e. The number of methoxy groups -OCH3 is 1. The van der Waals surface area contributed by atoms with Gasteiger partial charge in [-0.25, -0.2) is 0 Å². The topological polar surface area (TPSA) is 32.7 Å². The summed E-state index contributed by atoms with van der Waals surface area (Å²) in [6.45, 7) is 6.39. The summed E-state index contributed by atoms with van der Waals surface area (Å²) in [7, 11) is 1.77. The van der Waals surface area contributed by atoms with E-state index in [-0.39, 0.29) is 6.10 Å². The van der Waals surface area contributed by atoms with Gasteiger partial charge in [0.15, 0.2) is 0 Å². The zero-order valence-electron chi connectivity index (χ0n) is 11.7. The highest BCUT2D eigenvalue weighted by molar-refractivity contribution is 4.83. The maximum Gasteiger partial charge on any atom is 0.0589 e. The molecule has 102 valence electrons. The van der Waals surface area contributed by atoms with Gasteiger partial charge >= 0.3 is 0 Å². The smallest absolute Gasteiger partial charge is 0.0589 e. The molecular formula is C14H29NO2. The second-order valence-electron chi connectivity index (χ2n) is 5.16. The molecule has 1 N–H and O–H groups in total. The third-order valence-electron chi connectivity index (χ3n) is 4.10. The molecule has 0 aromatic carbocycles. The van der Waals surface area contributed by atoms with Gasteiger partial charge in [0.1, 0.15) is 0 Å². The number of hydrogen-bond donors (Lipinski definition) is 1. The van der Waals surface area contributed by atoms with Crippen LogP contribution in [0.1, 0.15) is 52.4 Å². The molecule has 0 saturated heterocycles. The average Bonchev–Trinajstić information content (AvgIpc) is 2.36. The van der Waals surface area contributed by atoms with Gasteiger partial charge in [0.05, 0.1) is 12.7 Å². The molecule has 0 radical (unpaired) electrons. The Kier molecular flexibility index (Phi) is 7.09. The van der Waals surface area contributed by atoms with Crippen molar-refractivity contribution in [1.29, 1.82) is 0 Å². The van der Waals surface area contributed by atoms with E-state index in [0.717, 1.165) is 38.8 Å². The molecule has 3 nitrogen and oxygen atoms in total. The van der Waals surface area contributed by atoms with Crippen molar-refractivity contribution < 1.29 is 9.84 Å². The van der Waals surface area contributed by atoms with Crippen LogP contribution in [0.4, 0.5) is 0 Å². The van der Waals surface area contributed by atoms with Gasteiger partial charge in [-0.1, -0.05) is 13.8 Å². The zero-order chi connectivity index (χ0) is 12.7. The number of rotatable bonds is 7. The predicted octanol–water partition coefficient (Wildman–Crippen LogP) is 2.43. The fourth-order valence-corrected chi connectivity index (χ4v) is 3.01. The molecule has 0 aromatic rings. The van der Waals surface area contributed by atoms with Crippen LogP contribution >= 0.6 is 0 Å². The molecule has 0 bridgehead atoms. The minimum atomic E-state index is -0.0581. The van der Waals surface area contributed by atoms with E-state index in [1.807, 2.05) is 0 Å². The van der Waals surface area contributed by atoms with Crippen LogP contribution in [-0.4, -0.2) is 48.5 Å². The van der Waals surface area contributed by atoms with Crippen LogP contribution in [0.3, 0.4) is 0 Å². The summed E-state index contributed by atoms with van der Waals surface area (Å²) in [5, 5.41) is 9.59. The number of aliphatic hydroxyl groups excluding tert-OH is 1. The highest BCUT2D eigenvalue weighted by Gasteiger charge is 2.27. The maximum absolute atomic E-state index is 9.59. The van der Waals surface area contributed by atoms with Crippen molar-refractivity contribution in [2.75, 3.05) is 20.3 Å². The molecule has 0 heterocycles. The molecule has 1 saturated carbocycles. The summed E-state index contributed by atoms with van der Waals surface area (Å²) in [6.07, 6.45) is 6.57. The van der Waals surface area contributed by atoms with Gasteiger partial charge in [-0.05, 0) is 38.5 Å². The number of ether oxygens (including phenoxy) is 1. The lowest BCUT2D eigenvalue weighted by Crippen LogP contribution is -2.46. The molecule has 17 heavy (non-hydrogen) atoms. The normalized spacial score (nSPS) is 25.8. The van der Waals surface area contributed by atoms with E-state index in [4.69, 9.17) is 4.74 Å². The second kappa shape index (κ2) is 8.06. The first kappa shape index (κ1) is 14.9. The molecule has 0 unspecified atom stereocenters. The summed E-state index contributed by atoms with van der Waals surface area (Å²) in [6, 6.07) is 1.32. The van der Waals surface area contributed by atoms with Crippen LogP contribution in [0.5, 0.6) is 0 Å². The number of nitrogens with zero attached hydrogens (tertiary/aromatic N) is 1. The summed E-state index contributed by atoms with van der Waals surface area (Å²) < 4.78 is 5.23. The third-order valence-corrected chi connectivity index (χ3v) is 4.10. The first-order chi connectivity index (χ1) is 8.22. The lowest BCUT2D eigenvalue weighted by atomic mass is 9.90. The first-order valence-electron chi connectivity index (χ1n) is 7.15. The second-order valence-corrected chi connectivity index (χ2v) is 5.16. The fourth-order valence-electron chi connectivity index (χ4n) is 3.01. The van der Waals surface area contributed by atoms with E-state index < -0.39 is 0 Å². The Labute approximate surface area is 106 Å². The molecule has 0 amide bonds. The number of hydrogen-bond acceptors (Lipinski definition) is 3. The minimum Gasteiger partial charge on any atom is -0.393 e. The van der Waals surface area contributed by atoms with Crippen molar-refractivity contribution in [2.24, 2.45) is 0 Å². The van der Waals surface area contributed by atoms with Crippen LogP contribution in [0.15, 0.2) is 0 Å². The maximum atomic E-state index is 9.59. The molecule has 0 spiro atoms. The van der Waals surface area contributed by atoms with Crippen LogP contribution in [0, 0.1) is 0 Å². The van der Waals surface area contributed by atoms with Crippen molar-refractivity contribution in [3.05, 3.63) is 0 Å². The summed E-state index contributed by atoms with van der Waals surface area (Å²) in [4.78, 5) is 2.62. The standard InChI is InChI=1S/C14H29NO2/c1-4-12(5-2)15(10-11-17-3)13-6-8-14(16)9-7-13/h12-14,16H,4-11H2,1-3H3. The Morgan fingerprint density at radius 3 is 2.24 bits per heavy atom. The Hall–Kier alpha value is -0.120. The molecule has 1 aliphatic carbocycles. The lowest BCUT2D eigenvalue weighted by molar-refractivity contribution is 0.0328. The van der Waals surface area contributed by atoms with Gasteiger partial charge in [-0.2, -0.15) is 0 Å². The van der Waals surface area contributed by atoms with Crippen molar-refractivity contribution in [2.45, 2.75) is 70.6 Å². The van der Waals surface area contributed by atoms with E-state index in [0.29, 0.717) is 12.1 Å². The van der Waals surface area contributed by atoms with Gasteiger partial charge in [-0.3, -0.25) is 4.90 Å². The summed E-state index contributed by atoms with van der Waals surface area (Å²) in [5.41, 5.74) is 0. The predicted molar refractivity (Wildman–Crippen MR) is 71.2 cm³/mol. The molecule has 0 aromatic heterocycles. The molecular weight excluding hydrogens is 214 g/mol. The fraction of sp³-hybridized carbons (Fsp3) is 1.00. The van der Waals surface area contributed by atoms with E-state index in [2.05, 4.69) is 18.7 Å². The monoisotopic (exact) mass is 243 g/mol. The molecule has 0 atom stereocenters. The lowest BCUT2D eigenvalue weighted by Gasteiger charge is -2.40. The Morgan fingerprint density at radius 1 is 1.18 bits per heavy atom. The third kappa shape index (κ3) is 4.57. The SMILES string of the molecule is CCC(CC)N(CCOC)C1CCC(O)CC1. The Balaban J connectivity index is 2.54. The van der Waals surface area contributed by atoms with Crippen molar-refractivity contribution in [3.8, 4) is 0 Å². The Morgan fingerprint density at radius 2 is 1.76 bits per heavy atom. The molecule has 1 rings (SSSR count).